The molecular formula is C10H4F5O2-. The Morgan fingerprint density at radius 1 is 1.18 bits per heavy atom. The van der Waals surface area contributed by atoms with Gasteiger partial charge in [0.2, 0.25) is 0 Å². The van der Waals surface area contributed by atoms with Crippen LogP contribution in [0.25, 0.3) is 5.83 Å². The zero-order valence-corrected chi connectivity index (χ0v) is 8.02. The first-order valence-electron chi connectivity index (χ1n) is 4.18. The van der Waals surface area contributed by atoms with Crippen molar-refractivity contribution in [2.45, 2.75) is 6.18 Å². The van der Waals surface area contributed by atoms with Gasteiger partial charge in [-0.1, -0.05) is 12.1 Å². The van der Waals surface area contributed by atoms with E-state index in [2.05, 4.69) is 0 Å². The third kappa shape index (κ3) is 2.80. The predicted octanol–water partition coefficient (Wildman–Crippen LogP) is 1.82. The van der Waals surface area contributed by atoms with Gasteiger partial charge in [0.15, 0.2) is 0 Å². The first kappa shape index (κ1) is 13.1. The molecule has 0 amide bonds. The number of hydrogen-bond acceptors (Lipinski definition) is 2. The van der Waals surface area contributed by atoms with Gasteiger partial charge in [0.25, 0.3) is 0 Å². The molecule has 7 heteroatoms. The lowest BCUT2D eigenvalue weighted by Gasteiger charge is -2.14. The van der Waals surface area contributed by atoms with Crippen molar-refractivity contribution in [2.24, 2.45) is 0 Å². The van der Waals surface area contributed by atoms with E-state index in [-0.39, 0.29) is 0 Å². The van der Waals surface area contributed by atoms with Crippen LogP contribution in [-0.2, 0) is 4.79 Å². The molecule has 92 valence electrons. The summed E-state index contributed by atoms with van der Waals surface area (Å²) in [5, 5.41) is 10.2. The van der Waals surface area contributed by atoms with Crippen LogP contribution in [0.2, 0.25) is 0 Å². The maximum absolute atomic E-state index is 13.3. The van der Waals surface area contributed by atoms with Crippen LogP contribution in [0.5, 0.6) is 0 Å². The fourth-order valence-electron chi connectivity index (χ4n) is 1.10. The van der Waals surface area contributed by atoms with Crippen molar-refractivity contribution < 1.29 is 31.9 Å². The number of aliphatic carboxylic acids is 1. The monoisotopic (exact) mass is 251 g/mol. The molecule has 1 rings (SSSR count). The molecule has 0 saturated heterocycles. The van der Waals surface area contributed by atoms with E-state index in [9.17, 15) is 31.9 Å². The number of rotatable bonds is 2. The van der Waals surface area contributed by atoms with E-state index in [0.29, 0.717) is 12.1 Å². The Hall–Kier alpha value is -1.92. The summed E-state index contributed by atoms with van der Waals surface area (Å²) in [5.74, 6) is -6.26. The van der Waals surface area contributed by atoms with Crippen LogP contribution in [0, 0.1) is 5.82 Å². The second kappa shape index (κ2) is 4.52. The highest BCUT2D eigenvalue weighted by molar-refractivity contribution is 5.94. The molecule has 0 aliphatic heterocycles. The number of alkyl halides is 3. The van der Waals surface area contributed by atoms with E-state index in [1.165, 1.54) is 0 Å². The maximum atomic E-state index is 13.3. The van der Waals surface area contributed by atoms with Crippen LogP contribution < -0.4 is 5.11 Å². The number of carboxylic acid groups (broad SMARTS) is 1. The predicted molar refractivity (Wildman–Crippen MR) is 45.5 cm³/mol. The van der Waals surface area contributed by atoms with Crippen molar-refractivity contribution in [1.29, 1.82) is 0 Å². The van der Waals surface area contributed by atoms with Crippen molar-refractivity contribution in [1.82, 2.24) is 0 Å². The largest absolute Gasteiger partial charge is 0.545 e. The Morgan fingerprint density at radius 2 is 1.71 bits per heavy atom. The number of carbonyl (C=O) groups is 1. The lowest BCUT2D eigenvalue weighted by Crippen LogP contribution is -2.33. The Bertz CT molecular complexity index is 476. The molecule has 2 nitrogen and oxygen atoms in total. The van der Waals surface area contributed by atoms with Crippen molar-refractivity contribution >= 4 is 11.8 Å². The van der Waals surface area contributed by atoms with Gasteiger partial charge < -0.3 is 9.90 Å². The molecule has 0 spiro atoms. The summed E-state index contributed by atoms with van der Waals surface area (Å²) in [4.78, 5) is 10.2. The summed E-state index contributed by atoms with van der Waals surface area (Å²) in [6.45, 7) is 0. The van der Waals surface area contributed by atoms with Crippen molar-refractivity contribution in [3.63, 3.8) is 0 Å². The van der Waals surface area contributed by atoms with Gasteiger partial charge in [0.1, 0.15) is 17.2 Å². The quantitative estimate of drug-likeness (QED) is 0.594. The van der Waals surface area contributed by atoms with Crippen molar-refractivity contribution in [2.75, 3.05) is 0 Å². The highest BCUT2D eigenvalue weighted by Gasteiger charge is 2.38. The minimum absolute atomic E-state index is 0.694. The number of carboxylic acids is 1. The van der Waals surface area contributed by atoms with Crippen LogP contribution in [0.4, 0.5) is 22.0 Å². The summed E-state index contributed by atoms with van der Waals surface area (Å²) >= 11 is 0. The van der Waals surface area contributed by atoms with Gasteiger partial charge in [-0.3, -0.25) is 0 Å². The highest BCUT2D eigenvalue weighted by Crippen LogP contribution is 2.33. The molecule has 0 saturated carbocycles. The van der Waals surface area contributed by atoms with Crippen LogP contribution >= 0.6 is 0 Å². The number of hydrogen-bond donors (Lipinski definition) is 0. The summed E-state index contributed by atoms with van der Waals surface area (Å²) in [7, 11) is 0. The molecule has 0 fully saturated rings. The average Bonchev–Trinajstić information content (AvgIpc) is 2.15. The van der Waals surface area contributed by atoms with Gasteiger partial charge in [0.05, 0.1) is 5.97 Å². The van der Waals surface area contributed by atoms with Crippen molar-refractivity contribution in [3.05, 3.63) is 41.2 Å². The van der Waals surface area contributed by atoms with Gasteiger partial charge in [-0.25, -0.2) is 8.78 Å². The van der Waals surface area contributed by atoms with E-state index in [0.717, 1.165) is 12.1 Å². The zero-order valence-electron chi connectivity index (χ0n) is 8.02. The van der Waals surface area contributed by atoms with Crippen LogP contribution in [0.1, 0.15) is 5.56 Å². The fraction of sp³-hybridized carbons (Fsp3) is 0.100. The van der Waals surface area contributed by atoms with E-state index in [4.69, 9.17) is 0 Å². The summed E-state index contributed by atoms with van der Waals surface area (Å²) in [6, 6.07) is 3.59. The Balaban J connectivity index is 3.46. The topological polar surface area (TPSA) is 40.1 Å². The van der Waals surface area contributed by atoms with E-state index in [1.54, 1.807) is 0 Å². The number of carbonyl (C=O) groups excluding carboxylic acids is 1. The van der Waals surface area contributed by atoms with Crippen LogP contribution in [-0.4, -0.2) is 12.1 Å². The van der Waals surface area contributed by atoms with Crippen LogP contribution in [0.15, 0.2) is 29.8 Å². The van der Waals surface area contributed by atoms with Gasteiger partial charge in [-0.2, -0.15) is 13.2 Å². The molecule has 17 heavy (non-hydrogen) atoms. The van der Waals surface area contributed by atoms with E-state index >= 15 is 0 Å². The zero-order chi connectivity index (χ0) is 13.2. The minimum atomic E-state index is -5.47. The van der Waals surface area contributed by atoms with Gasteiger partial charge in [0, 0.05) is 5.56 Å². The fourth-order valence-corrected chi connectivity index (χ4v) is 1.10. The summed E-state index contributed by atoms with van der Waals surface area (Å²) < 4.78 is 62.9. The summed E-state index contributed by atoms with van der Waals surface area (Å²) in [5.41, 5.74) is -3.62. The smallest absolute Gasteiger partial charge is 0.421 e. The molecule has 0 aliphatic carbocycles. The highest BCUT2D eigenvalue weighted by atomic mass is 19.4. The molecule has 0 unspecified atom stereocenters. The molecule has 0 atom stereocenters. The van der Waals surface area contributed by atoms with Crippen LogP contribution in [0.3, 0.4) is 0 Å². The lowest BCUT2D eigenvalue weighted by molar-refractivity contribution is -0.303. The SMILES string of the molecule is O=C([O-])/C(=C(\F)c1ccccc1F)C(F)(F)F. The lowest BCUT2D eigenvalue weighted by atomic mass is 10.1. The second-order valence-corrected chi connectivity index (χ2v) is 2.95. The molecule has 0 heterocycles. The third-order valence-electron chi connectivity index (χ3n) is 1.82. The first-order valence-corrected chi connectivity index (χ1v) is 4.18. The number of benzene rings is 1. The average molecular weight is 251 g/mol. The van der Waals surface area contributed by atoms with E-state index < -0.39 is 34.9 Å². The molecule has 0 radical (unpaired) electrons. The normalized spacial score (nSPS) is 13.2. The number of halogens is 5. The maximum Gasteiger partial charge on any atom is 0.421 e. The van der Waals surface area contributed by atoms with E-state index in [1.807, 2.05) is 0 Å². The Morgan fingerprint density at radius 3 is 2.12 bits per heavy atom. The molecule has 1 aromatic rings. The van der Waals surface area contributed by atoms with Gasteiger partial charge in [-0.15, -0.1) is 0 Å². The third-order valence-corrected chi connectivity index (χ3v) is 1.82. The van der Waals surface area contributed by atoms with Gasteiger partial charge >= 0.3 is 6.18 Å². The van der Waals surface area contributed by atoms with Crippen molar-refractivity contribution in [3.8, 4) is 0 Å². The Kier molecular flexibility index (Phi) is 3.50. The second-order valence-electron chi connectivity index (χ2n) is 2.95. The molecule has 0 aliphatic rings. The van der Waals surface area contributed by atoms with Gasteiger partial charge in [-0.05, 0) is 12.1 Å². The molecular weight excluding hydrogens is 247 g/mol. The molecule has 0 aromatic heterocycles. The first-order chi connectivity index (χ1) is 7.75. The summed E-state index contributed by atoms with van der Waals surface area (Å²) in [6.07, 6.45) is -5.47. The molecule has 1 aromatic carbocycles. The molecule has 0 bridgehead atoms. The minimum Gasteiger partial charge on any atom is -0.545 e. The molecule has 0 N–H and O–H groups in total. The Labute approximate surface area is 92.0 Å². The standard InChI is InChI=1S/C10H5F5O2/c11-6-4-2-1-3-5(6)8(12)7(9(16)17)10(13,14)15/h1-4H,(H,16,17)/p-1/b8-7+.